The van der Waals surface area contributed by atoms with Gasteiger partial charge in [-0.3, -0.25) is 24.0 Å². The van der Waals surface area contributed by atoms with Crippen LogP contribution in [-0.2, 0) is 41.7 Å². The number of carbonyl (C=O) groups excluding carboxylic acids is 4. The number of aromatic nitrogens is 1. The molecule has 2 saturated carbocycles. The number of alkyl halides is 3. The van der Waals surface area contributed by atoms with Gasteiger partial charge in [0.05, 0.1) is 16.8 Å². The van der Waals surface area contributed by atoms with Crippen LogP contribution in [0.1, 0.15) is 107 Å². The highest BCUT2D eigenvalue weighted by Crippen LogP contribution is 2.50. The van der Waals surface area contributed by atoms with Crippen molar-refractivity contribution in [3.8, 4) is 5.75 Å². The molecule has 0 bridgehead atoms. The van der Waals surface area contributed by atoms with Crippen molar-refractivity contribution >= 4 is 44.7 Å². The Morgan fingerprint density at radius 1 is 1.05 bits per heavy atom. The first kappa shape index (κ1) is 43.2. The molecule has 14 nitrogen and oxygen atoms in total. The minimum Gasteiger partial charge on any atom is -0.483 e. The van der Waals surface area contributed by atoms with Gasteiger partial charge in [0.1, 0.15) is 29.8 Å². The Hall–Kier alpha value is -4.45. The lowest BCUT2D eigenvalue weighted by Crippen LogP contribution is -2.58. The van der Waals surface area contributed by atoms with Gasteiger partial charge in [0, 0.05) is 29.8 Å². The van der Waals surface area contributed by atoms with E-state index in [0.717, 1.165) is 44.3 Å². The summed E-state index contributed by atoms with van der Waals surface area (Å²) >= 11 is 0. The van der Waals surface area contributed by atoms with E-state index in [9.17, 15) is 40.8 Å². The van der Waals surface area contributed by atoms with Gasteiger partial charge >= 0.3 is 12.3 Å². The Labute approximate surface area is 353 Å². The molecular formula is C43H55F3N6O8S. The lowest BCUT2D eigenvalue weighted by Gasteiger charge is -2.37. The fraction of sp³-hybridized carbons (Fsp3) is 0.651. The average molecular weight is 873 g/mol. The molecule has 4 aliphatic heterocycles. The molecule has 4 fully saturated rings. The smallest absolute Gasteiger partial charge is 0.437 e. The molecular weight excluding hydrogens is 818 g/mol. The number of benzene rings is 1. The third kappa shape index (κ3) is 8.80. The molecule has 2 aliphatic carbocycles. The van der Waals surface area contributed by atoms with Crippen LogP contribution in [0, 0.1) is 12.8 Å². The summed E-state index contributed by atoms with van der Waals surface area (Å²) in [4.78, 5) is 64.3. The highest BCUT2D eigenvalue weighted by atomic mass is 32.2. The maximum atomic E-state index is 14.8. The monoisotopic (exact) mass is 872 g/mol. The van der Waals surface area contributed by atoms with Crippen LogP contribution in [0.25, 0.3) is 10.9 Å². The summed E-state index contributed by atoms with van der Waals surface area (Å²) in [5.74, 6) is -3.34. The van der Waals surface area contributed by atoms with Gasteiger partial charge < -0.3 is 25.0 Å². The van der Waals surface area contributed by atoms with Crippen LogP contribution in [0.4, 0.5) is 18.0 Å². The molecule has 1 aromatic carbocycles. The molecule has 2 aromatic rings. The third-order valence-corrected chi connectivity index (χ3v) is 15.8. The van der Waals surface area contributed by atoms with Gasteiger partial charge in [-0.05, 0) is 103 Å². The summed E-state index contributed by atoms with van der Waals surface area (Å²) < 4.78 is 83.9. The number of halogens is 3. The van der Waals surface area contributed by atoms with Crippen molar-refractivity contribution in [3.05, 3.63) is 47.2 Å². The first-order valence-corrected chi connectivity index (χ1v) is 23.1. The zero-order valence-electron chi connectivity index (χ0n) is 34.7. The van der Waals surface area contributed by atoms with E-state index in [-0.39, 0.29) is 50.8 Å². The third-order valence-electron chi connectivity index (χ3n) is 13.6. The number of ether oxygens (including phenoxy) is 2. The lowest BCUT2D eigenvalue weighted by molar-refractivity contribution is -0.144. The summed E-state index contributed by atoms with van der Waals surface area (Å²) in [5, 5.41) is 6.06. The zero-order valence-corrected chi connectivity index (χ0v) is 35.5. The van der Waals surface area contributed by atoms with E-state index in [1.165, 1.54) is 11.0 Å². The first-order valence-electron chi connectivity index (χ1n) is 21.6. The molecule has 18 heteroatoms. The molecule has 0 radical (unpaired) electrons. The second-order valence-electron chi connectivity index (χ2n) is 18.2. The SMILES string of the molecule is Cc1ccc2nc(C(F)(F)F)c3c(c2c1)CCC1(CC2C(=O)NC4(C(=O)NS(=O)(=O)C5(C)CC5)CC4C=CCCCCCC(NC(=O)OCCN4CCCCC4)C(=O)N2C1)O3. The number of fused-ring (bicyclic) bond motifs is 5. The average Bonchev–Trinajstić information content (AvgIpc) is 4.10. The zero-order chi connectivity index (χ0) is 43.4. The van der Waals surface area contributed by atoms with E-state index in [1.807, 2.05) is 13.0 Å². The number of amides is 4. The standard InChI is InChI=1S/C43H55F3N6O8S/c1-27-13-14-31-30(23-27)29-15-16-41(60-34(29)35(47-31)43(44,45)46)25-33-36(53)49-42(38(55)50-61(57,58)40(2)17-18-40)24-28(42)11-7-4-3-5-8-12-32(37(54)52(33)26-41)48-39(56)59-22-21-51-19-9-6-10-20-51/h7,11,13-14,23,28,32-33H,3-6,8-10,12,15-22,24-26H2,1-2H3,(H,48,56)(H,49,53)(H,50,55). The van der Waals surface area contributed by atoms with E-state index in [0.29, 0.717) is 49.6 Å². The van der Waals surface area contributed by atoms with E-state index < -0.39 is 85.3 Å². The fourth-order valence-corrected chi connectivity index (χ4v) is 10.8. The van der Waals surface area contributed by atoms with Crippen molar-refractivity contribution in [2.24, 2.45) is 5.92 Å². The van der Waals surface area contributed by atoms with E-state index in [1.54, 1.807) is 25.1 Å². The molecule has 5 unspecified atom stereocenters. The van der Waals surface area contributed by atoms with E-state index >= 15 is 0 Å². The molecule has 1 aromatic heterocycles. The minimum absolute atomic E-state index is 0.101. The van der Waals surface area contributed by atoms with Crippen molar-refractivity contribution < 1.29 is 50.2 Å². The predicted molar refractivity (Wildman–Crippen MR) is 218 cm³/mol. The molecule has 1 spiro atoms. The molecule has 3 N–H and O–H groups in total. The number of hydrogen-bond donors (Lipinski definition) is 3. The lowest BCUT2D eigenvalue weighted by atomic mass is 9.86. The second-order valence-corrected chi connectivity index (χ2v) is 20.4. The van der Waals surface area contributed by atoms with Gasteiger partial charge in [-0.25, -0.2) is 18.2 Å². The number of piperidine rings is 1. The van der Waals surface area contributed by atoms with Crippen molar-refractivity contribution in [3.63, 3.8) is 0 Å². The summed E-state index contributed by atoms with van der Waals surface area (Å²) in [6.45, 7) is 5.52. The van der Waals surface area contributed by atoms with Crippen molar-refractivity contribution in [1.82, 2.24) is 30.1 Å². The second kappa shape index (κ2) is 16.3. The molecule has 8 rings (SSSR count). The van der Waals surface area contributed by atoms with Gasteiger partial charge in [-0.1, -0.05) is 43.0 Å². The number of likely N-dealkylation sites (tertiary alicyclic amines) is 1. The fourth-order valence-electron chi connectivity index (χ4n) is 9.47. The maximum Gasteiger partial charge on any atom is 0.437 e. The quantitative estimate of drug-likeness (QED) is 0.314. The number of sulfonamides is 1. The molecule has 332 valence electrons. The number of nitrogens with zero attached hydrogens (tertiary/aromatic N) is 3. The molecule has 5 atom stereocenters. The Morgan fingerprint density at radius 3 is 2.54 bits per heavy atom. The van der Waals surface area contributed by atoms with Crippen LogP contribution >= 0.6 is 0 Å². The molecule has 61 heavy (non-hydrogen) atoms. The summed E-state index contributed by atoms with van der Waals surface area (Å²) in [6, 6.07) is 2.46. The first-order chi connectivity index (χ1) is 28.9. The summed E-state index contributed by atoms with van der Waals surface area (Å²) in [7, 11) is -4.09. The molecule has 5 heterocycles. The van der Waals surface area contributed by atoms with Crippen molar-refractivity contribution in [1.29, 1.82) is 0 Å². The van der Waals surface area contributed by atoms with Gasteiger partial charge in [0.15, 0.2) is 11.4 Å². The topological polar surface area (TPSA) is 176 Å². The van der Waals surface area contributed by atoms with Crippen LogP contribution in [0.2, 0.25) is 0 Å². The minimum atomic E-state index is -4.90. The van der Waals surface area contributed by atoms with Gasteiger partial charge in [0.25, 0.3) is 5.91 Å². The Balaban J connectivity index is 1.12. The molecule has 2 saturated heterocycles. The van der Waals surface area contributed by atoms with Crippen LogP contribution in [-0.4, -0.2) is 108 Å². The van der Waals surface area contributed by atoms with E-state index in [4.69, 9.17) is 9.47 Å². The summed E-state index contributed by atoms with van der Waals surface area (Å²) in [6.07, 6.45) is 4.90. The number of aryl methyl sites for hydroxylation is 2. The van der Waals surface area contributed by atoms with Crippen molar-refractivity contribution in [2.75, 3.05) is 32.8 Å². The van der Waals surface area contributed by atoms with Crippen LogP contribution in [0.5, 0.6) is 5.75 Å². The van der Waals surface area contributed by atoms with Crippen LogP contribution in [0.15, 0.2) is 30.4 Å². The number of carbonyl (C=O) groups is 4. The largest absolute Gasteiger partial charge is 0.483 e. The van der Waals surface area contributed by atoms with Crippen LogP contribution in [0.3, 0.4) is 0 Å². The number of allylic oxidation sites excluding steroid dienone is 1. The number of nitrogens with one attached hydrogen (secondary N) is 3. The van der Waals surface area contributed by atoms with Crippen molar-refractivity contribution in [2.45, 2.75) is 138 Å². The number of hydrogen-bond acceptors (Lipinski definition) is 10. The van der Waals surface area contributed by atoms with E-state index in [2.05, 4.69) is 25.2 Å². The Bertz CT molecular complexity index is 2230. The molecule has 6 aliphatic rings. The highest BCUT2D eigenvalue weighted by Gasteiger charge is 2.64. The van der Waals surface area contributed by atoms with Gasteiger partial charge in [-0.2, -0.15) is 13.2 Å². The Kier molecular flexibility index (Phi) is 11.6. The predicted octanol–water partition coefficient (Wildman–Crippen LogP) is 5.20. The number of rotatable bonds is 7. The molecule has 4 amide bonds. The number of alkyl carbamates (subject to hydrolysis) is 1. The normalized spacial score (nSPS) is 29.3. The Morgan fingerprint density at radius 2 is 1.80 bits per heavy atom. The van der Waals surface area contributed by atoms with Gasteiger partial charge in [-0.15, -0.1) is 0 Å². The highest BCUT2D eigenvalue weighted by molar-refractivity contribution is 7.91. The van der Waals surface area contributed by atoms with Gasteiger partial charge in [0.2, 0.25) is 21.8 Å². The maximum absolute atomic E-state index is 14.8. The summed E-state index contributed by atoms with van der Waals surface area (Å²) in [5.41, 5.74) is -3.05. The number of pyridine rings is 1. The van der Waals surface area contributed by atoms with Crippen LogP contribution < -0.4 is 20.1 Å².